The van der Waals surface area contributed by atoms with E-state index in [4.69, 9.17) is 5.73 Å². The second-order valence-electron chi connectivity index (χ2n) is 4.00. The van der Waals surface area contributed by atoms with Crippen molar-refractivity contribution in [2.24, 2.45) is 0 Å². The monoisotopic (exact) mass is 357 g/mol. The Labute approximate surface area is 117 Å². The van der Waals surface area contributed by atoms with E-state index in [0.717, 1.165) is 38.1 Å². The first-order valence-electron chi connectivity index (χ1n) is 5.22. The molecule has 0 radical (unpaired) electrons. The lowest BCUT2D eigenvalue weighted by molar-refractivity contribution is 0.659. The molecule has 0 aliphatic heterocycles. The predicted molar refractivity (Wildman–Crippen MR) is 77.1 cm³/mol. The smallest absolute Gasteiger partial charge is 0.0738 e. The minimum absolute atomic E-state index is 0.732. The van der Waals surface area contributed by atoms with E-state index in [1.165, 1.54) is 0 Å². The van der Waals surface area contributed by atoms with E-state index in [9.17, 15) is 0 Å². The molecule has 0 fully saturated rings. The number of nitrogens with zero attached hydrogens (tertiary/aromatic N) is 2. The van der Waals surface area contributed by atoms with Crippen LogP contribution in [0.5, 0.6) is 0 Å². The summed E-state index contributed by atoms with van der Waals surface area (Å²) in [5.74, 6) is 0. The highest BCUT2D eigenvalue weighted by atomic mass is 79.9. The molecule has 3 nitrogen and oxygen atoms in total. The maximum Gasteiger partial charge on any atom is 0.0738 e. The first kappa shape index (κ1) is 12.6. The molecular weight excluding hydrogens is 346 g/mol. The topological polar surface area (TPSA) is 43.8 Å². The van der Waals surface area contributed by atoms with Crippen molar-refractivity contribution in [1.82, 2.24) is 9.78 Å². The van der Waals surface area contributed by atoms with Crippen LogP contribution in [-0.4, -0.2) is 9.78 Å². The van der Waals surface area contributed by atoms with Gasteiger partial charge in [0.2, 0.25) is 0 Å². The Morgan fingerprint density at radius 3 is 2.53 bits per heavy atom. The van der Waals surface area contributed by atoms with Crippen LogP contribution in [0.2, 0.25) is 0 Å². The average Bonchev–Trinajstić information content (AvgIpc) is 2.52. The van der Waals surface area contributed by atoms with Gasteiger partial charge in [-0.1, -0.05) is 6.07 Å². The molecule has 0 bridgehead atoms. The van der Waals surface area contributed by atoms with E-state index < -0.39 is 0 Å². The van der Waals surface area contributed by atoms with E-state index in [0.29, 0.717) is 0 Å². The van der Waals surface area contributed by atoms with Crippen molar-refractivity contribution in [2.75, 3.05) is 5.73 Å². The first-order valence-corrected chi connectivity index (χ1v) is 6.81. The molecule has 2 rings (SSSR count). The van der Waals surface area contributed by atoms with E-state index in [-0.39, 0.29) is 0 Å². The molecule has 2 N–H and O–H groups in total. The van der Waals surface area contributed by atoms with Gasteiger partial charge in [0.1, 0.15) is 0 Å². The third kappa shape index (κ3) is 2.55. The molecule has 0 saturated carbocycles. The number of benzene rings is 1. The van der Waals surface area contributed by atoms with Crippen LogP contribution < -0.4 is 5.73 Å². The summed E-state index contributed by atoms with van der Waals surface area (Å²) in [6.07, 6.45) is 0. The van der Waals surface area contributed by atoms with E-state index in [1.54, 1.807) is 0 Å². The number of rotatable bonds is 2. The molecule has 2 aromatic rings. The fraction of sp³-hybridized carbons (Fsp3) is 0.250. The Kier molecular flexibility index (Phi) is 3.58. The van der Waals surface area contributed by atoms with Crippen LogP contribution in [0.25, 0.3) is 0 Å². The van der Waals surface area contributed by atoms with Crippen LogP contribution in [-0.2, 0) is 6.54 Å². The van der Waals surface area contributed by atoms with Gasteiger partial charge in [-0.05, 0) is 63.4 Å². The van der Waals surface area contributed by atoms with Crippen molar-refractivity contribution in [2.45, 2.75) is 20.4 Å². The highest BCUT2D eigenvalue weighted by Crippen LogP contribution is 2.23. The number of nitrogen functional groups attached to an aromatic ring is 1. The molecule has 0 aliphatic carbocycles. The molecule has 0 unspecified atom stereocenters. The van der Waals surface area contributed by atoms with Crippen molar-refractivity contribution in [3.05, 3.63) is 44.1 Å². The summed E-state index contributed by atoms with van der Waals surface area (Å²) >= 11 is 6.91. The van der Waals surface area contributed by atoms with Gasteiger partial charge < -0.3 is 5.73 Å². The second kappa shape index (κ2) is 4.82. The lowest BCUT2D eigenvalue weighted by atomic mass is 10.2. The van der Waals surface area contributed by atoms with Gasteiger partial charge >= 0.3 is 0 Å². The number of halogens is 2. The zero-order valence-electron chi connectivity index (χ0n) is 9.67. The Morgan fingerprint density at radius 1 is 1.29 bits per heavy atom. The van der Waals surface area contributed by atoms with Crippen molar-refractivity contribution in [3.63, 3.8) is 0 Å². The molecule has 1 heterocycles. The van der Waals surface area contributed by atoms with Gasteiger partial charge in [-0.2, -0.15) is 5.10 Å². The fourth-order valence-corrected chi connectivity index (χ4v) is 2.22. The Balaban J connectivity index is 2.31. The highest BCUT2D eigenvalue weighted by molar-refractivity contribution is 9.11. The molecule has 0 amide bonds. The van der Waals surface area contributed by atoms with Gasteiger partial charge in [0.25, 0.3) is 0 Å². The number of aryl methyl sites for hydroxylation is 1. The van der Waals surface area contributed by atoms with E-state index in [2.05, 4.69) is 37.0 Å². The van der Waals surface area contributed by atoms with Crippen LogP contribution in [0.4, 0.5) is 5.69 Å². The van der Waals surface area contributed by atoms with Crippen LogP contribution in [0, 0.1) is 13.8 Å². The average molecular weight is 359 g/mol. The molecule has 0 atom stereocenters. The Hall–Kier alpha value is -0.810. The van der Waals surface area contributed by atoms with Crippen LogP contribution in [0.1, 0.15) is 17.0 Å². The first-order chi connectivity index (χ1) is 7.99. The predicted octanol–water partition coefficient (Wildman–Crippen LogP) is 3.66. The summed E-state index contributed by atoms with van der Waals surface area (Å²) < 4.78 is 3.97. The molecular formula is C12H13Br2N3. The highest BCUT2D eigenvalue weighted by Gasteiger charge is 2.09. The Morgan fingerprint density at radius 2 is 2.00 bits per heavy atom. The van der Waals surface area contributed by atoms with Crippen molar-refractivity contribution >= 4 is 37.5 Å². The summed E-state index contributed by atoms with van der Waals surface area (Å²) in [6, 6.07) is 5.98. The third-order valence-electron chi connectivity index (χ3n) is 2.69. The van der Waals surface area contributed by atoms with Crippen LogP contribution in [0.3, 0.4) is 0 Å². The number of nitrogens with two attached hydrogens (primary N) is 1. The van der Waals surface area contributed by atoms with Gasteiger partial charge in [-0.3, -0.25) is 4.68 Å². The minimum atomic E-state index is 0.732. The molecule has 90 valence electrons. The van der Waals surface area contributed by atoms with Crippen LogP contribution in [0.15, 0.2) is 27.1 Å². The van der Waals surface area contributed by atoms with Gasteiger partial charge in [-0.25, -0.2) is 0 Å². The lowest BCUT2D eigenvalue weighted by Crippen LogP contribution is -2.04. The molecule has 0 saturated heterocycles. The molecule has 0 spiro atoms. The molecule has 1 aromatic heterocycles. The summed E-state index contributed by atoms with van der Waals surface area (Å²) in [5, 5.41) is 4.47. The summed E-state index contributed by atoms with van der Waals surface area (Å²) in [7, 11) is 0. The van der Waals surface area contributed by atoms with Crippen molar-refractivity contribution < 1.29 is 0 Å². The van der Waals surface area contributed by atoms with Crippen LogP contribution >= 0.6 is 31.9 Å². The van der Waals surface area contributed by atoms with Gasteiger partial charge in [0.15, 0.2) is 0 Å². The minimum Gasteiger partial charge on any atom is -0.398 e. The molecule has 17 heavy (non-hydrogen) atoms. The lowest BCUT2D eigenvalue weighted by Gasteiger charge is -2.06. The van der Waals surface area contributed by atoms with E-state index >= 15 is 0 Å². The molecule has 1 aromatic carbocycles. The maximum atomic E-state index is 5.86. The number of hydrogen-bond donors (Lipinski definition) is 1. The normalized spacial score (nSPS) is 10.8. The quantitative estimate of drug-likeness (QED) is 0.832. The van der Waals surface area contributed by atoms with Crippen molar-refractivity contribution in [3.8, 4) is 0 Å². The Bertz CT molecular complexity index is 561. The fourth-order valence-electron chi connectivity index (χ4n) is 1.69. The summed E-state index contributed by atoms with van der Waals surface area (Å²) in [6.45, 7) is 4.77. The summed E-state index contributed by atoms with van der Waals surface area (Å²) in [5.41, 5.74) is 9.89. The SMILES string of the molecule is Cc1nn(Cc2ccc(Br)c(N)c2)c(C)c1Br. The summed E-state index contributed by atoms with van der Waals surface area (Å²) in [4.78, 5) is 0. The molecule has 5 heteroatoms. The van der Waals surface area contributed by atoms with Crippen molar-refractivity contribution in [1.29, 1.82) is 0 Å². The third-order valence-corrected chi connectivity index (χ3v) is 4.56. The number of aromatic nitrogens is 2. The zero-order chi connectivity index (χ0) is 12.6. The van der Waals surface area contributed by atoms with E-state index in [1.807, 2.05) is 36.7 Å². The second-order valence-corrected chi connectivity index (χ2v) is 5.65. The van der Waals surface area contributed by atoms with Gasteiger partial charge in [-0.15, -0.1) is 0 Å². The molecule has 0 aliphatic rings. The van der Waals surface area contributed by atoms with Gasteiger partial charge in [0, 0.05) is 10.2 Å². The largest absolute Gasteiger partial charge is 0.398 e. The maximum absolute atomic E-state index is 5.86. The number of hydrogen-bond acceptors (Lipinski definition) is 2. The standard InChI is InChI=1S/C12H13Br2N3/c1-7-12(14)8(2)17(16-7)6-9-3-4-10(13)11(15)5-9/h3-5H,6,15H2,1-2H3. The number of anilines is 1. The van der Waals surface area contributed by atoms with Gasteiger partial charge in [0.05, 0.1) is 22.4 Å². The zero-order valence-corrected chi connectivity index (χ0v) is 12.8.